The second kappa shape index (κ2) is 3.80. The van der Waals surface area contributed by atoms with E-state index in [4.69, 9.17) is 0 Å². The molecule has 0 nitrogen and oxygen atoms in total. The molecule has 0 saturated heterocycles. The highest BCUT2D eigenvalue weighted by Crippen LogP contribution is 2.21. The van der Waals surface area contributed by atoms with Gasteiger partial charge in [-0.15, -0.1) is 0 Å². The van der Waals surface area contributed by atoms with E-state index in [1.165, 1.54) is 6.07 Å². The molecular formula is C7H4BrF2I. The SMILES string of the molecule is Fc1cc(CI)cc(Br)c1F. The number of alkyl halides is 1. The standard InChI is InChI=1S/C7H4BrF2I/c8-5-1-4(3-11)2-6(9)7(5)10/h1-2H,3H2. The summed E-state index contributed by atoms with van der Waals surface area (Å²) in [6.45, 7) is 0. The van der Waals surface area contributed by atoms with Crippen molar-refractivity contribution in [3.63, 3.8) is 0 Å². The predicted octanol–water partition coefficient (Wildman–Crippen LogP) is 3.66. The lowest BCUT2D eigenvalue weighted by Crippen LogP contribution is -1.88. The van der Waals surface area contributed by atoms with Crippen molar-refractivity contribution in [3.8, 4) is 0 Å². The number of hydrogen-bond acceptors (Lipinski definition) is 0. The molecule has 0 aliphatic rings. The van der Waals surface area contributed by atoms with E-state index in [0.29, 0.717) is 4.43 Å². The maximum absolute atomic E-state index is 12.6. The van der Waals surface area contributed by atoms with Gasteiger partial charge in [0.1, 0.15) is 0 Å². The van der Waals surface area contributed by atoms with E-state index >= 15 is 0 Å². The monoisotopic (exact) mass is 332 g/mol. The average molecular weight is 333 g/mol. The van der Waals surface area contributed by atoms with Gasteiger partial charge in [0.2, 0.25) is 0 Å². The van der Waals surface area contributed by atoms with Crippen LogP contribution in [0, 0.1) is 11.6 Å². The van der Waals surface area contributed by atoms with Crippen molar-refractivity contribution in [2.45, 2.75) is 4.43 Å². The quantitative estimate of drug-likeness (QED) is 0.418. The highest BCUT2D eigenvalue weighted by molar-refractivity contribution is 14.1. The first-order chi connectivity index (χ1) is 5.15. The lowest BCUT2D eigenvalue weighted by atomic mass is 10.2. The van der Waals surface area contributed by atoms with Gasteiger partial charge in [-0.1, -0.05) is 22.6 Å². The van der Waals surface area contributed by atoms with Crippen molar-refractivity contribution < 1.29 is 8.78 Å². The minimum absolute atomic E-state index is 0.184. The second-order valence-electron chi connectivity index (χ2n) is 2.01. The van der Waals surface area contributed by atoms with Crippen LogP contribution in [0.5, 0.6) is 0 Å². The Bertz CT molecular complexity index is 252. The van der Waals surface area contributed by atoms with Crippen LogP contribution in [-0.2, 0) is 4.43 Å². The minimum atomic E-state index is -0.821. The lowest BCUT2D eigenvalue weighted by Gasteiger charge is -1.99. The van der Waals surface area contributed by atoms with E-state index in [0.717, 1.165) is 5.56 Å². The molecule has 0 bridgehead atoms. The van der Waals surface area contributed by atoms with Gasteiger partial charge in [0.15, 0.2) is 11.6 Å². The fraction of sp³-hybridized carbons (Fsp3) is 0.143. The Kier molecular flexibility index (Phi) is 3.24. The van der Waals surface area contributed by atoms with E-state index < -0.39 is 11.6 Å². The summed E-state index contributed by atoms with van der Waals surface area (Å²) in [4.78, 5) is 0. The summed E-state index contributed by atoms with van der Waals surface area (Å²) < 4.78 is 26.1. The third kappa shape index (κ3) is 2.11. The first kappa shape index (κ1) is 9.38. The van der Waals surface area contributed by atoms with Crippen LogP contribution in [0.15, 0.2) is 16.6 Å². The summed E-state index contributed by atoms with van der Waals surface area (Å²) in [5.74, 6) is -1.62. The van der Waals surface area contributed by atoms with Gasteiger partial charge in [0, 0.05) is 4.43 Å². The molecular weight excluding hydrogens is 329 g/mol. The fourth-order valence-electron chi connectivity index (χ4n) is 0.685. The molecule has 0 amide bonds. The minimum Gasteiger partial charge on any atom is -0.204 e. The summed E-state index contributed by atoms with van der Waals surface area (Å²) in [5, 5.41) is 0. The number of benzene rings is 1. The smallest absolute Gasteiger partial charge is 0.172 e. The molecule has 0 atom stereocenters. The van der Waals surface area contributed by atoms with Crippen molar-refractivity contribution in [2.24, 2.45) is 0 Å². The van der Waals surface area contributed by atoms with Crippen LogP contribution < -0.4 is 0 Å². The van der Waals surface area contributed by atoms with Gasteiger partial charge in [-0.25, -0.2) is 8.78 Å². The second-order valence-corrected chi connectivity index (χ2v) is 3.62. The van der Waals surface area contributed by atoms with E-state index in [9.17, 15) is 8.78 Å². The van der Waals surface area contributed by atoms with E-state index in [2.05, 4.69) is 38.5 Å². The van der Waals surface area contributed by atoms with Crippen molar-refractivity contribution in [2.75, 3.05) is 0 Å². The lowest BCUT2D eigenvalue weighted by molar-refractivity contribution is 0.503. The zero-order valence-electron chi connectivity index (χ0n) is 5.37. The molecule has 0 spiro atoms. The number of rotatable bonds is 1. The van der Waals surface area contributed by atoms with E-state index in [1.807, 2.05) is 0 Å². The van der Waals surface area contributed by atoms with Gasteiger partial charge < -0.3 is 0 Å². The summed E-state index contributed by atoms with van der Waals surface area (Å²) in [5.41, 5.74) is 0.774. The summed E-state index contributed by atoms with van der Waals surface area (Å²) in [6.07, 6.45) is 0. The normalized spacial score (nSPS) is 10.2. The van der Waals surface area contributed by atoms with Crippen molar-refractivity contribution in [1.29, 1.82) is 0 Å². The Morgan fingerprint density at radius 2 is 2.00 bits per heavy atom. The first-order valence-corrected chi connectivity index (χ1v) is 5.16. The van der Waals surface area contributed by atoms with Gasteiger partial charge in [-0.05, 0) is 33.6 Å². The Hall–Kier alpha value is 0.290. The topological polar surface area (TPSA) is 0 Å². The summed E-state index contributed by atoms with van der Waals surface area (Å²) in [7, 11) is 0. The third-order valence-electron chi connectivity index (χ3n) is 1.20. The van der Waals surface area contributed by atoms with Crippen LogP contribution in [0.3, 0.4) is 0 Å². The van der Waals surface area contributed by atoms with Crippen molar-refractivity contribution in [1.82, 2.24) is 0 Å². The summed E-state index contributed by atoms with van der Waals surface area (Å²) in [6, 6.07) is 2.78. The average Bonchev–Trinajstić information content (AvgIpc) is 1.99. The molecule has 4 heteroatoms. The van der Waals surface area contributed by atoms with Crippen LogP contribution in [0.1, 0.15) is 5.56 Å². The van der Waals surface area contributed by atoms with Gasteiger partial charge in [0.05, 0.1) is 4.47 Å². The molecule has 0 saturated carbocycles. The highest BCUT2D eigenvalue weighted by Gasteiger charge is 2.07. The zero-order valence-corrected chi connectivity index (χ0v) is 9.12. The van der Waals surface area contributed by atoms with Crippen molar-refractivity contribution in [3.05, 3.63) is 33.8 Å². The molecule has 0 heterocycles. The van der Waals surface area contributed by atoms with Crippen LogP contribution in [0.25, 0.3) is 0 Å². The number of halogens is 4. The fourth-order valence-corrected chi connectivity index (χ4v) is 1.61. The molecule has 0 unspecified atom stereocenters. The van der Waals surface area contributed by atoms with Crippen LogP contribution >= 0.6 is 38.5 Å². The molecule has 0 aliphatic carbocycles. The van der Waals surface area contributed by atoms with Crippen LogP contribution in [0.4, 0.5) is 8.78 Å². The molecule has 0 radical (unpaired) electrons. The first-order valence-electron chi connectivity index (χ1n) is 2.84. The molecule has 0 N–H and O–H groups in total. The molecule has 11 heavy (non-hydrogen) atoms. The molecule has 0 aliphatic heterocycles. The molecule has 1 rings (SSSR count). The molecule has 1 aromatic rings. The number of hydrogen-bond donors (Lipinski definition) is 0. The summed E-state index contributed by atoms with van der Waals surface area (Å²) >= 11 is 5.01. The van der Waals surface area contributed by atoms with Crippen LogP contribution in [-0.4, -0.2) is 0 Å². The van der Waals surface area contributed by atoms with Gasteiger partial charge in [-0.3, -0.25) is 0 Å². The Morgan fingerprint density at radius 3 is 2.45 bits per heavy atom. The molecule has 60 valence electrons. The van der Waals surface area contributed by atoms with Gasteiger partial charge in [0.25, 0.3) is 0 Å². The molecule has 0 fully saturated rings. The third-order valence-corrected chi connectivity index (χ3v) is 2.66. The maximum atomic E-state index is 12.6. The van der Waals surface area contributed by atoms with Gasteiger partial charge in [-0.2, -0.15) is 0 Å². The highest BCUT2D eigenvalue weighted by atomic mass is 127. The zero-order chi connectivity index (χ0) is 8.43. The largest absolute Gasteiger partial charge is 0.204 e. The molecule has 1 aromatic carbocycles. The Balaban J connectivity index is 3.21. The predicted molar refractivity (Wildman–Crippen MR) is 51.8 cm³/mol. The Morgan fingerprint density at radius 1 is 1.36 bits per heavy atom. The van der Waals surface area contributed by atoms with Crippen molar-refractivity contribution >= 4 is 38.5 Å². The van der Waals surface area contributed by atoms with Crippen LogP contribution in [0.2, 0.25) is 0 Å². The maximum Gasteiger partial charge on any atom is 0.172 e. The van der Waals surface area contributed by atoms with E-state index in [-0.39, 0.29) is 4.47 Å². The van der Waals surface area contributed by atoms with Gasteiger partial charge >= 0.3 is 0 Å². The van der Waals surface area contributed by atoms with E-state index in [1.54, 1.807) is 6.07 Å². The Labute approximate surface area is 85.3 Å². The molecule has 0 aromatic heterocycles.